The first-order chi connectivity index (χ1) is 22.3. The van der Waals surface area contributed by atoms with Crippen molar-refractivity contribution in [2.45, 2.75) is 79.4 Å². The van der Waals surface area contributed by atoms with Crippen molar-refractivity contribution in [3.63, 3.8) is 0 Å². The van der Waals surface area contributed by atoms with Crippen LogP contribution in [-0.4, -0.2) is 44.9 Å². The van der Waals surface area contributed by atoms with Crippen LogP contribution in [0.15, 0.2) is 66.7 Å². The van der Waals surface area contributed by atoms with Crippen LogP contribution in [-0.2, 0) is 36.5 Å². The number of ether oxygens (including phenoxy) is 2. The standard InChI is InChI=1S/C35H44N5O6P/c1-8-43-21-29-38-31-32(27-15-11-12-16-28(27)37-33(31)36)40(29)20-23(4)45-47(42,39-30(22(2)3)34(41)44-35(5,6)7)46-26-18-17-24-13-9-10-14-25(24)19-26/h9-19,22-23,30H,8,20-21H2,1-7H3,(H2,36,37)(H,39,42)/t23-,30+,47+/m1/s1. The second-order valence-corrected chi connectivity index (χ2v) is 14.5. The first-order valence-electron chi connectivity index (χ1n) is 15.9. The number of benzene rings is 3. The molecule has 2 heterocycles. The number of esters is 1. The van der Waals surface area contributed by atoms with Crippen molar-refractivity contribution in [3.8, 4) is 5.75 Å². The monoisotopic (exact) mass is 661 g/mol. The molecular formula is C35H44N5O6P. The molecule has 0 fully saturated rings. The summed E-state index contributed by atoms with van der Waals surface area (Å²) in [6.07, 6.45) is -0.703. The third kappa shape index (κ3) is 8.11. The molecule has 47 heavy (non-hydrogen) atoms. The van der Waals surface area contributed by atoms with Crippen LogP contribution in [0.4, 0.5) is 5.82 Å². The van der Waals surface area contributed by atoms with Crippen molar-refractivity contribution in [2.75, 3.05) is 12.3 Å². The maximum absolute atomic E-state index is 14.8. The van der Waals surface area contributed by atoms with Gasteiger partial charge in [0.25, 0.3) is 0 Å². The van der Waals surface area contributed by atoms with Gasteiger partial charge < -0.3 is 24.3 Å². The van der Waals surface area contributed by atoms with Gasteiger partial charge in [0.2, 0.25) is 0 Å². The number of nitrogens with one attached hydrogen (secondary N) is 1. The molecule has 3 atom stereocenters. The Morgan fingerprint density at radius 3 is 2.40 bits per heavy atom. The highest BCUT2D eigenvalue weighted by molar-refractivity contribution is 7.52. The molecule has 12 heteroatoms. The van der Waals surface area contributed by atoms with Gasteiger partial charge in [-0.1, -0.05) is 62.4 Å². The predicted molar refractivity (Wildman–Crippen MR) is 185 cm³/mol. The summed E-state index contributed by atoms with van der Waals surface area (Å²) in [7, 11) is -4.23. The third-order valence-corrected chi connectivity index (χ3v) is 9.14. The summed E-state index contributed by atoms with van der Waals surface area (Å²) >= 11 is 0. The fourth-order valence-corrected chi connectivity index (χ4v) is 7.22. The van der Waals surface area contributed by atoms with Gasteiger partial charge in [-0.2, -0.15) is 5.09 Å². The fraction of sp³-hybridized carbons (Fsp3) is 0.400. The van der Waals surface area contributed by atoms with Crippen LogP contribution in [0.25, 0.3) is 32.7 Å². The number of nitrogens with zero attached hydrogens (tertiary/aromatic N) is 3. The average molecular weight is 662 g/mol. The van der Waals surface area contributed by atoms with E-state index in [1.807, 2.05) is 79.9 Å². The molecule has 0 unspecified atom stereocenters. The number of carbonyl (C=O) groups excluding carboxylic acids is 1. The van der Waals surface area contributed by atoms with E-state index in [0.29, 0.717) is 29.5 Å². The van der Waals surface area contributed by atoms with Crippen molar-refractivity contribution < 1.29 is 27.9 Å². The Kier molecular flexibility index (Phi) is 10.2. The number of nitrogen functional groups attached to an aromatic ring is 1. The molecule has 0 aliphatic heterocycles. The quantitative estimate of drug-likeness (QED) is 0.0969. The zero-order valence-electron chi connectivity index (χ0n) is 28.0. The molecule has 0 amide bonds. The van der Waals surface area contributed by atoms with E-state index in [4.69, 9.17) is 29.2 Å². The van der Waals surface area contributed by atoms with E-state index in [1.54, 1.807) is 39.8 Å². The van der Waals surface area contributed by atoms with E-state index in [1.165, 1.54) is 0 Å². The molecule has 250 valence electrons. The largest absolute Gasteiger partial charge is 0.459 e. The van der Waals surface area contributed by atoms with Crippen molar-refractivity contribution in [2.24, 2.45) is 5.92 Å². The lowest BCUT2D eigenvalue weighted by atomic mass is 10.1. The second-order valence-electron chi connectivity index (χ2n) is 12.9. The number of nitrogens with two attached hydrogens (primary N) is 1. The lowest BCUT2D eigenvalue weighted by Gasteiger charge is -2.30. The average Bonchev–Trinajstić information content (AvgIpc) is 3.36. The van der Waals surface area contributed by atoms with Gasteiger partial charge in [-0.3, -0.25) is 9.32 Å². The Bertz CT molecular complexity index is 1940. The molecule has 5 aromatic rings. The minimum Gasteiger partial charge on any atom is -0.459 e. The van der Waals surface area contributed by atoms with Crippen LogP contribution in [0.2, 0.25) is 0 Å². The van der Waals surface area contributed by atoms with Crippen molar-refractivity contribution in [1.82, 2.24) is 19.6 Å². The number of hydrogen-bond acceptors (Lipinski definition) is 9. The number of pyridine rings is 1. The molecule has 0 saturated heterocycles. The van der Waals surface area contributed by atoms with Crippen LogP contribution in [0.3, 0.4) is 0 Å². The van der Waals surface area contributed by atoms with Crippen LogP contribution < -0.4 is 15.3 Å². The summed E-state index contributed by atoms with van der Waals surface area (Å²) < 4.78 is 40.7. The van der Waals surface area contributed by atoms with Gasteiger partial charge in [0, 0.05) is 12.0 Å². The number of imidazole rings is 1. The van der Waals surface area contributed by atoms with Gasteiger partial charge in [0.1, 0.15) is 35.3 Å². The smallest absolute Gasteiger partial charge is 0.459 e. The molecule has 5 rings (SSSR count). The molecule has 2 aromatic heterocycles. The van der Waals surface area contributed by atoms with Crippen molar-refractivity contribution in [3.05, 3.63) is 72.6 Å². The highest BCUT2D eigenvalue weighted by Gasteiger charge is 2.39. The Morgan fingerprint density at radius 2 is 1.70 bits per heavy atom. The number of aromatic nitrogens is 3. The predicted octanol–water partition coefficient (Wildman–Crippen LogP) is 7.40. The highest BCUT2D eigenvalue weighted by atomic mass is 31.2. The van der Waals surface area contributed by atoms with Gasteiger partial charge in [0.05, 0.1) is 23.7 Å². The number of anilines is 1. The second kappa shape index (κ2) is 14.0. The zero-order valence-corrected chi connectivity index (χ0v) is 28.9. The number of fused-ring (bicyclic) bond motifs is 4. The van der Waals surface area contributed by atoms with E-state index in [2.05, 4.69) is 10.1 Å². The van der Waals surface area contributed by atoms with E-state index >= 15 is 0 Å². The zero-order chi connectivity index (χ0) is 33.9. The number of hydrogen-bond donors (Lipinski definition) is 2. The minimum atomic E-state index is -4.23. The summed E-state index contributed by atoms with van der Waals surface area (Å²) in [6, 6.07) is 19.9. The van der Waals surface area contributed by atoms with Gasteiger partial charge in [-0.05, 0) is 69.5 Å². The highest BCUT2D eigenvalue weighted by Crippen LogP contribution is 2.47. The molecule has 0 aliphatic rings. The summed E-state index contributed by atoms with van der Waals surface area (Å²) in [5.74, 6) is 0.394. The van der Waals surface area contributed by atoms with Crippen LogP contribution in [0.5, 0.6) is 5.75 Å². The van der Waals surface area contributed by atoms with E-state index in [9.17, 15) is 9.36 Å². The third-order valence-electron chi connectivity index (χ3n) is 7.45. The van der Waals surface area contributed by atoms with Gasteiger partial charge in [0.15, 0.2) is 5.82 Å². The maximum Gasteiger partial charge on any atom is 0.459 e. The van der Waals surface area contributed by atoms with E-state index < -0.39 is 31.5 Å². The number of rotatable bonds is 13. The summed E-state index contributed by atoms with van der Waals surface area (Å²) in [5, 5.41) is 5.70. The van der Waals surface area contributed by atoms with E-state index in [-0.39, 0.29) is 19.1 Å². The Balaban J connectivity index is 1.53. The molecule has 11 nitrogen and oxygen atoms in total. The molecular weight excluding hydrogens is 617 g/mol. The van der Waals surface area contributed by atoms with Gasteiger partial charge in [-0.25, -0.2) is 14.5 Å². The van der Waals surface area contributed by atoms with Gasteiger partial charge >= 0.3 is 13.7 Å². The molecule has 0 aliphatic carbocycles. The normalized spacial score (nSPS) is 14.8. The molecule has 3 aromatic carbocycles. The van der Waals surface area contributed by atoms with Crippen molar-refractivity contribution in [1.29, 1.82) is 0 Å². The fourth-order valence-electron chi connectivity index (χ4n) is 5.38. The Morgan fingerprint density at radius 1 is 1.00 bits per heavy atom. The van der Waals surface area contributed by atoms with E-state index in [0.717, 1.165) is 27.2 Å². The number of para-hydroxylation sites is 1. The first kappa shape index (κ1) is 34.3. The molecule has 0 spiro atoms. The van der Waals surface area contributed by atoms with Gasteiger partial charge in [-0.15, -0.1) is 0 Å². The topological polar surface area (TPSA) is 140 Å². The summed E-state index contributed by atoms with van der Waals surface area (Å²) in [6.45, 7) is 13.7. The summed E-state index contributed by atoms with van der Waals surface area (Å²) in [4.78, 5) is 22.7. The minimum absolute atomic E-state index is 0.220. The number of carbonyl (C=O) groups is 1. The van der Waals surface area contributed by atoms with Crippen LogP contribution in [0, 0.1) is 5.92 Å². The lowest BCUT2D eigenvalue weighted by molar-refractivity contribution is -0.158. The van der Waals surface area contributed by atoms with Crippen LogP contribution >= 0.6 is 7.75 Å². The van der Waals surface area contributed by atoms with Crippen LogP contribution in [0.1, 0.15) is 54.3 Å². The maximum atomic E-state index is 14.8. The Hall–Kier alpha value is -4.02. The van der Waals surface area contributed by atoms with Crippen molar-refractivity contribution >= 4 is 52.2 Å². The molecule has 0 bridgehead atoms. The molecule has 0 radical (unpaired) electrons. The lowest BCUT2D eigenvalue weighted by Crippen LogP contribution is -2.44. The first-order valence-corrected chi connectivity index (χ1v) is 17.4. The Labute approximate surface area is 275 Å². The summed E-state index contributed by atoms with van der Waals surface area (Å²) in [5.41, 5.74) is 7.66. The SMILES string of the molecule is CCOCc1nc2c(N)nc3ccccc3c2n1C[C@@H](C)O[P@@](=O)(N[C@H](C(=O)OC(C)(C)C)C(C)C)Oc1ccc2ccccc2c1. The molecule has 3 N–H and O–H groups in total. The molecule has 0 saturated carbocycles.